The lowest BCUT2D eigenvalue weighted by molar-refractivity contribution is -0.123. The summed E-state index contributed by atoms with van der Waals surface area (Å²) in [7, 11) is 0. The van der Waals surface area contributed by atoms with Gasteiger partial charge >= 0.3 is 0 Å². The molecule has 1 aliphatic rings. The van der Waals surface area contributed by atoms with Crippen molar-refractivity contribution in [3.05, 3.63) is 35.2 Å². The van der Waals surface area contributed by atoms with E-state index in [0.717, 1.165) is 37.2 Å². The molecule has 0 saturated carbocycles. The first-order chi connectivity index (χ1) is 13.7. The number of hydrogen-bond acceptors (Lipinski definition) is 5. The molecular weight excluding hydrogens is 368 g/mol. The number of aryl methyl sites for hydroxylation is 1. The van der Waals surface area contributed by atoms with Gasteiger partial charge in [0.2, 0.25) is 5.91 Å². The van der Waals surface area contributed by atoms with E-state index in [4.69, 9.17) is 0 Å². The minimum absolute atomic E-state index is 0.0839. The number of carbonyl (C=O) groups is 2. The Kier molecular flexibility index (Phi) is 6.02. The molecule has 1 aromatic carbocycles. The van der Waals surface area contributed by atoms with Crippen LogP contribution in [0.1, 0.15) is 61.4 Å². The molecule has 2 heterocycles. The molecule has 1 aromatic heterocycles. The first-order valence-corrected chi connectivity index (χ1v) is 10.0. The number of piperidine rings is 1. The van der Waals surface area contributed by atoms with Crippen LogP contribution in [0.5, 0.6) is 0 Å². The van der Waals surface area contributed by atoms with E-state index < -0.39 is 5.41 Å². The van der Waals surface area contributed by atoms with Crippen LogP contribution < -0.4 is 16.0 Å². The van der Waals surface area contributed by atoms with E-state index >= 15 is 0 Å². The summed E-state index contributed by atoms with van der Waals surface area (Å²) < 4.78 is 1.86. The topological polar surface area (TPSA) is 101 Å². The zero-order valence-electron chi connectivity index (χ0n) is 17.8. The van der Waals surface area contributed by atoms with Crippen molar-refractivity contribution in [1.82, 2.24) is 20.3 Å². The molecule has 1 fully saturated rings. The van der Waals surface area contributed by atoms with E-state index in [1.807, 2.05) is 51.4 Å². The van der Waals surface area contributed by atoms with Gasteiger partial charge in [0.15, 0.2) is 5.69 Å². The molecule has 0 atom stereocenters. The van der Waals surface area contributed by atoms with Gasteiger partial charge in [0, 0.05) is 16.8 Å². The largest absolute Gasteiger partial charge is 0.326 e. The molecule has 8 heteroatoms. The van der Waals surface area contributed by atoms with Crippen LogP contribution in [-0.2, 0) is 4.79 Å². The predicted molar refractivity (Wildman–Crippen MR) is 113 cm³/mol. The molecule has 3 rings (SSSR count). The van der Waals surface area contributed by atoms with Gasteiger partial charge in [0.25, 0.3) is 5.91 Å². The Balaban J connectivity index is 1.76. The van der Waals surface area contributed by atoms with E-state index in [0.29, 0.717) is 17.1 Å². The maximum absolute atomic E-state index is 12.8. The third-order valence-corrected chi connectivity index (χ3v) is 5.22. The lowest BCUT2D eigenvalue weighted by Crippen LogP contribution is -2.30. The van der Waals surface area contributed by atoms with Crippen molar-refractivity contribution in [1.29, 1.82) is 0 Å². The second kappa shape index (κ2) is 8.32. The predicted octanol–water partition coefficient (Wildman–Crippen LogP) is 3.06. The first-order valence-electron chi connectivity index (χ1n) is 10.0. The number of anilines is 2. The summed E-state index contributed by atoms with van der Waals surface area (Å²) in [5, 5.41) is 17.5. The van der Waals surface area contributed by atoms with Crippen LogP contribution >= 0.6 is 0 Å². The van der Waals surface area contributed by atoms with Crippen LogP contribution in [-0.4, -0.2) is 39.9 Å². The van der Waals surface area contributed by atoms with Crippen LogP contribution in [0.2, 0.25) is 0 Å². The maximum Gasteiger partial charge on any atom is 0.278 e. The number of rotatable bonds is 4. The smallest absolute Gasteiger partial charge is 0.278 e. The number of amides is 2. The van der Waals surface area contributed by atoms with Crippen LogP contribution in [0.15, 0.2) is 18.2 Å². The molecule has 0 spiro atoms. The fraction of sp³-hybridized carbons (Fsp3) is 0.524. The quantitative estimate of drug-likeness (QED) is 0.735. The Labute approximate surface area is 171 Å². The number of aromatic nitrogens is 3. The number of carbonyl (C=O) groups excluding carboxylic acids is 2. The third kappa shape index (κ3) is 4.82. The molecule has 1 aliphatic heterocycles. The molecule has 29 heavy (non-hydrogen) atoms. The van der Waals surface area contributed by atoms with E-state index in [9.17, 15) is 9.59 Å². The SMILES string of the molecule is Cc1ccc(NC(=O)C(C)(C)C)cc1NC(=O)c1nnn(C2CCNCC2)c1C. The fourth-order valence-electron chi connectivity index (χ4n) is 3.28. The highest BCUT2D eigenvalue weighted by Gasteiger charge is 2.24. The highest BCUT2D eigenvalue weighted by Crippen LogP contribution is 2.24. The molecule has 0 aliphatic carbocycles. The highest BCUT2D eigenvalue weighted by molar-refractivity contribution is 6.04. The minimum Gasteiger partial charge on any atom is -0.326 e. The normalized spacial score (nSPS) is 15.2. The summed E-state index contributed by atoms with van der Waals surface area (Å²) in [6.45, 7) is 11.2. The number of benzene rings is 1. The van der Waals surface area contributed by atoms with Crippen molar-refractivity contribution >= 4 is 23.2 Å². The van der Waals surface area contributed by atoms with E-state index in [2.05, 4.69) is 26.3 Å². The van der Waals surface area contributed by atoms with Gasteiger partial charge in [-0.2, -0.15) is 0 Å². The molecule has 0 unspecified atom stereocenters. The molecule has 2 amide bonds. The summed E-state index contributed by atoms with van der Waals surface area (Å²) in [6.07, 6.45) is 1.94. The van der Waals surface area contributed by atoms with Crippen LogP contribution in [0, 0.1) is 19.3 Å². The van der Waals surface area contributed by atoms with E-state index in [1.165, 1.54) is 0 Å². The zero-order chi connectivity index (χ0) is 21.2. The lowest BCUT2D eigenvalue weighted by Gasteiger charge is -2.23. The molecule has 0 radical (unpaired) electrons. The van der Waals surface area contributed by atoms with Crippen molar-refractivity contribution in [3.63, 3.8) is 0 Å². The zero-order valence-corrected chi connectivity index (χ0v) is 17.8. The maximum atomic E-state index is 12.8. The summed E-state index contributed by atoms with van der Waals surface area (Å²) in [4.78, 5) is 25.1. The van der Waals surface area contributed by atoms with Gasteiger partial charge < -0.3 is 16.0 Å². The van der Waals surface area contributed by atoms with Gasteiger partial charge in [-0.1, -0.05) is 32.1 Å². The molecule has 8 nitrogen and oxygen atoms in total. The van der Waals surface area contributed by atoms with Crippen LogP contribution in [0.25, 0.3) is 0 Å². The summed E-state index contributed by atoms with van der Waals surface area (Å²) in [5.74, 6) is -0.385. The van der Waals surface area contributed by atoms with Crippen LogP contribution in [0.4, 0.5) is 11.4 Å². The molecule has 1 saturated heterocycles. The Morgan fingerprint density at radius 1 is 1.14 bits per heavy atom. The highest BCUT2D eigenvalue weighted by atomic mass is 16.2. The molecular formula is C21H30N6O2. The van der Waals surface area contributed by atoms with Gasteiger partial charge in [0.1, 0.15) is 0 Å². The summed E-state index contributed by atoms with van der Waals surface area (Å²) in [6, 6.07) is 5.73. The Morgan fingerprint density at radius 2 is 1.83 bits per heavy atom. The lowest BCUT2D eigenvalue weighted by atomic mass is 9.95. The molecule has 0 bridgehead atoms. The van der Waals surface area contributed by atoms with Crippen molar-refractivity contribution in [2.75, 3.05) is 23.7 Å². The Morgan fingerprint density at radius 3 is 2.48 bits per heavy atom. The minimum atomic E-state index is -0.501. The van der Waals surface area contributed by atoms with Gasteiger partial charge in [-0.15, -0.1) is 5.10 Å². The molecule has 2 aromatic rings. The Bertz CT molecular complexity index is 906. The second-order valence-electron chi connectivity index (χ2n) is 8.64. The van der Waals surface area contributed by atoms with Gasteiger partial charge in [-0.3, -0.25) is 9.59 Å². The van der Waals surface area contributed by atoms with E-state index in [-0.39, 0.29) is 17.9 Å². The number of hydrogen-bond donors (Lipinski definition) is 3. The van der Waals surface area contributed by atoms with Gasteiger partial charge in [-0.25, -0.2) is 4.68 Å². The average molecular weight is 399 g/mol. The second-order valence-corrected chi connectivity index (χ2v) is 8.64. The summed E-state index contributed by atoms with van der Waals surface area (Å²) >= 11 is 0. The summed E-state index contributed by atoms with van der Waals surface area (Å²) in [5.41, 5.74) is 2.77. The van der Waals surface area contributed by atoms with Gasteiger partial charge in [0.05, 0.1) is 11.7 Å². The molecule has 3 N–H and O–H groups in total. The molecule has 156 valence electrons. The van der Waals surface area contributed by atoms with Crippen molar-refractivity contribution < 1.29 is 9.59 Å². The average Bonchev–Trinajstić information content (AvgIpc) is 3.06. The monoisotopic (exact) mass is 398 g/mol. The fourth-order valence-corrected chi connectivity index (χ4v) is 3.28. The third-order valence-electron chi connectivity index (χ3n) is 5.22. The van der Waals surface area contributed by atoms with Crippen molar-refractivity contribution in [2.24, 2.45) is 5.41 Å². The number of nitrogens with zero attached hydrogens (tertiary/aromatic N) is 3. The van der Waals surface area contributed by atoms with Gasteiger partial charge in [-0.05, 0) is 57.5 Å². The van der Waals surface area contributed by atoms with E-state index in [1.54, 1.807) is 6.07 Å². The number of nitrogens with one attached hydrogen (secondary N) is 3. The first kappa shape index (κ1) is 21.0. The Hall–Kier alpha value is -2.74. The van der Waals surface area contributed by atoms with Crippen molar-refractivity contribution in [2.45, 2.75) is 53.5 Å². The van der Waals surface area contributed by atoms with Crippen LogP contribution in [0.3, 0.4) is 0 Å². The standard InChI is InChI=1S/C21H30N6O2/c1-13-6-7-15(23-20(29)21(3,4)5)12-17(13)24-19(28)18-14(2)27(26-25-18)16-8-10-22-11-9-16/h6-7,12,16,22H,8-11H2,1-5H3,(H,23,29)(H,24,28). The van der Waals surface area contributed by atoms with Crippen molar-refractivity contribution in [3.8, 4) is 0 Å².